The van der Waals surface area contributed by atoms with Gasteiger partial charge in [-0.1, -0.05) is 30.3 Å². The van der Waals surface area contributed by atoms with Gasteiger partial charge in [0.25, 0.3) is 0 Å². The van der Waals surface area contributed by atoms with Crippen molar-refractivity contribution in [2.24, 2.45) is 5.90 Å². The van der Waals surface area contributed by atoms with E-state index in [2.05, 4.69) is 24.3 Å². The molecule has 0 aliphatic rings. The molecule has 0 unspecified atom stereocenters. The van der Waals surface area contributed by atoms with Gasteiger partial charge >= 0.3 is 0 Å². The molecule has 0 saturated heterocycles. The summed E-state index contributed by atoms with van der Waals surface area (Å²) in [5.41, 5.74) is 0. The van der Waals surface area contributed by atoms with E-state index in [0.29, 0.717) is 5.75 Å². The maximum Gasteiger partial charge on any atom is 0.147 e. The molecule has 0 heterocycles. The standard InChI is InChI=1S/C14H11NO/c15-16-14-6-5-12-7-10-3-1-2-4-11(10)8-13(12)9-14/h1-9H,15H2. The number of hydrogen-bond acceptors (Lipinski definition) is 2. The summed E-state index contributed by atoms with van der Waals surface area (Å²) in [5.74, 6) is 5.84. The molecule has 0 radical (unpaired) electrons. The van der Waals surface area contributed by atoms with Gasteiger partial charge in [-0.05, 0) is 45.8 Å². The average molecular weight is 209 g/mol. The first kappa shape index (κ1) is 9.19. The van der Waals surface area contributed by atoms with Crippen molar-refractivity contribution in [2.75, 3.05) is 0 Å². The summed E-state index contributed by atoms with van der Waals surface area (Å²) in [6.07, 6.45) is 0. The van der Waals surface area contributed by atoms with Crippen LogP contribution in [0.3, 0.4) is 0 Å². The number of nitrogens with two attached hydrogens (primary N) is 1. The number of fused-ring (bicyclic) bond motifs is 2. The zero-order chi connectivity index (χ0) is 11.0. The van der Waals surface area contributed by atoms with Crippen LogP contribution in [0, 0.1) is 0 Å². The van der Waals surface area contributed by atoms with E-state index in [1.807, 2.05) is 30.3 Å². The molecule has 2 nitrogen and oxygen atoms in total. The van der Waals surface area contributed by atoms with E-state index in [4.69, 9.17) is 10.7 Å². The van der Waals surface area contributed by atoms with Crippen LogP contribution in [0.15, 0.2) is 54.6 Å². The Morgan fingerprint density at radius 2 is 1.31 bits per heavy atom. The van der Waals surface area contributed by atoms with Gasteiger partial charge in [-0.3, -0.25) is 0 Å². The molecule has 0 aliphatic carbocycles. The Morgan fingerprint density at radius 3 is 2.00 bits per heavy atom. The highest BCUT2D eigenvalue weighted by molar-refractivity contribution is 5.98. The summed E-state index contributed by atoms with van der Waals surface area (Å²) in [6, 6.07) is 18.5. The third-order valence-corrected chi connectivity index (χ3v) is 2.81. The van der Waals surface area contributed by atoms with E-state index >= 15 is 0 Å². The van der Waals surface area contributed by atoms with Crippen LogP contribution in [0.4, 0.5) is 0 Å². The van der Waals surface area contributed by atoms with Gasteiger partial charge in [0.1, 0.15) is 5.75 Å². The van der Waals surface area contributed by atoms with Gasteiger partial charge in [-0.25, -0.2) is 0 Å². The van der Waals surface area contributed by atoms with Crippen LogP contribution in [0.5, 0.6) is 5.75 Å². The molecule has 0 atom stereocenters. The summed E-state index contributed by atoms with van der Waals surface area (Å²) in [5, 5.41) is 4.81. The van der Waals surface area contributed by atoms with Crippen molar-refractivity contribution in [2.45, 2.75) is 0 Å². The van der Waals surface area contributed by atoms with E-state index in [0.717, 1.165) is 5.39 Å². The third-order valence-electron chi connectivity index (χ3n) is 2.81. The lowest BCUT2D eigenvalue weighted by Crippen LogP contribution is -2.01. The van der Waals surface area contributed by atoms with Crippen LogP contribution in [0.2, 0.25) is 0 Å². The quantitative estimate of drug-likeness (QED) is 0.493. The summed E-state index contributed by atoms with van der Waals surface area (Å²) in [6.45, 7) is 0. The van der Waals surface area contributed by atoms with Crippen molar-refractivity contribution in [3.8, 4) is 5.75 Å². The van der Waals surface area contributed by atoms with Crippen molar-refractivity contribution in [3.05, 3.63) is 54.6 Å². The van der Waals surface area contributed by atoms with E-state index in [1.54, 1.807) is 0 Å². The van der Waals surface area contributed by atoms with Crippen molar-refractivity contribution in [1.82, 2.24) is 0 Å². The normalized spacial score (nSPS) is 10.8. The smallest absolute Gasteiger partial charge is 0.147 e. The van der Waals surface area contributed by atoms with Gasteiger partial charge < -0.3 is 4.84 Å². The average Bonchev–Trinajstić information content (AvgIpc) is 2.35. The number of benzene rings is 3. The monoisotopic (exact) mass is 209 g/mol. The van der Waals surface area contributed by atoms with E-state index < -0.39 is 0 Å². The molecule has 0 fully saturated rings. The van der Waals surface area contributed by atoms with Crippen molar-refractivity contribution >= 4 is 21.5 Å². The molecule has 0 bridgehead atoms. The van der Waals surface area contributed by atoms with Gasteiger partial charge in [-0.15, -0.1) is 0 Å². The highest BCUT2D eigenvalue weighted by Crippen LogP contribution is 2.25. The fraction of sp³-hybridized carbons (Fsp3) is 0. The molecule has 78 valence electrons. The van der Waals surface area contributed by atoms with Gasteiger partial charge in [-0.2, -0.15) is 5.90 Å². The van der Waals surface area contributed by atoms with Crippen LogP contribution >= 0.6 is 0 Å². The van der Waals surface area contributed by atoms with E-state index in [-0.39, 0.29) is 0 Å². The third kappa shape index (κ3) is 1.40. The molecule has 2 N–H and O–H groups in total. The largest absolute Gasteiger partial charge is 0.412 e. The molecule has 0 amide bonds. The second-order valence-electron chi connectivity index (χ2n) is 3.83. The zero-order valence-corrected chi connectivity index (χ0v) is 8.68. The fourth-order valence-electron chi connectivity index (χ4n) is 1.99. The molecule has 0 spiro atoms. The number of hydrogen-bond donors (Lipinski definition) is 1. The second kappa shape index (κ2) is 3.51. The predicted molar refractivity (Wildman–Crippen MR) is 66.3 cm³/mol. The molecule has 3 rings (SSSR count). The predicted octanol–water partition coefficient (Wildman–Crippen LogP) is 3.25. The highest BCUT2D eigenvalue weighted by Gasteiger charge is 1.99. The molecule has 3 aromatic rings. The maximum absolute atomic E-state index is 5.15. The van der Waals surface area contributed by atoms with Crippen LogP contribution in [0.1, 0.15) is 0 Å². The SMILES string of the molecule is NOc1ccc2cc3ccccc3cc2c1. The van der Waals surface area contributed by atoms with Gasteiger partial charge in [0.2, 0.25) is 0 Å². The lowest BCUT2D eigenvalue weighted by Gasteiger charge is -2.04. The first-order valence-corrected chi connectivity index (χ1v) is 5.16. The molecule has 3 aromatic carbocycles. The summed E-state index contributed by atoms with van der Waals surface area (Å²) < 4.78 is 0. The van der Waals surface area contributed by atoms with E-state index in [9.17, 15) is 0 Å². The molecule has 2 heteroatoms. The topological polar surface area (TPSA) is 35.2 Å². The second-order valence-corrected chi connectivity index (χ2v) is 3.83. The summed E-state index contributed by atoms with van der Waals surface area (Å²) >= 11 is 0. The molecular weight excluding hydrogens is 198 g/mol. The molecule has 0 aromatic heterocycles. The summed E-state index contributed by atoms with van der Waals surface area (Å²) in [7, 11) is 0. The van der Waals surface area contributed by atoms with E-state index in [1.165, 1.54) is 16.2 Å². The zero-order valence-electron chi connectivity index (χ0n) is 8.68. The minimum absolute atomic E-state index is 0.683. The molecule has 0 aliphatic heterocycles. The van der Waals surface area contributed by atoms with Crippen LogP contribution in [-0.4, -0.2) is 0 Å². The van der Waals surface area contributed by atoms with Crippen LogP contribution in [0.25, 0.3) is 21.5 Å². The number of rotatable bonds is 1. The first-order chi connectivity index (χ1) is 7.86. The minimum Gasteiger partial charge on any atom is -0.412 e. The van der Waals surface area contributed by atoms with Crippen LogP contribution < -0.4 is 10.7 Å². The Labute approximate surface area is 93.2 Å². The van der Waals surface area contributed by atoms with Crippen LogP contribution in [-0.2, 0) is 0 Å². The minimum atomic E-state index is 0.683. The first-order valence-electron chi connectivity index (χ1n) is 5.16. The Hall–Kier alpha value is -2.06. The molecule has 0 saturated carbocycles. The van der Waals surface area contributed by atoms with Gasteiger partial charge in [0, 0.05) is 0 Å². The Balaban J connectivity index is 2.37. The lowest BCUT2D eigenvalue weighted by atomic mass is 10.0. The summed E-state index contributed by atoms with van der Waals surface area (Å²) in [4.78, 5) is 4.73. The Kier molecular flexibility index (Phi) is 2.01. The maximum atomic E-state index is 5.15. The molecular formula is C14H11NO. The van der Waals surface area contributed by atoms with Gasteiger partial charge in [0.05, 0.1) is 0 Å². The van der Waals surface area contributed by atoms with Gasteiger partial charge in [0.15, 0.2) is 0 Å². The Bertz CT molecular complexity index is 661. The highest BCUT2D eigenvalue weighted by atomic mass is 16.6. The molecule has 16 heavy (non-hydrogen) atoms. The lowest BCUT2D eigenvalue weighted by molar-refractivity contribution is 0.335. The van der Waals surface area contributed by atoms with Crippen molar-refractivity contribution in [1.29, 1.82) is 0 Å². The fourth-order valence-corrected chi connectivity index (χ4v) is 1.99. The Morgan fingerprint density at radius 1 is 0.688 bits per heavy atom. The van der Waals surface area contributed by atoms with Crippen molar-refractivity contribution < 1.29 is 4.84 Å². The van der Waals surface area contributed by atoms with Crippen molar-refractivity contribution in [3.63, 3.8) is 0 Å².